The molecule has 0 aliphatic carbocycles. The normalized spacial score (nSPS) is 23.1. The van der Waals surface area contributed by atoms with Gasteiger partial charge in [0.05, 0.1) is 24.3 Å². The van der Waals surface area contributed by atoms with E-state index in [0.29, 0.717) is 6.61 Å². The first-order valence-corrected chi connectivity index (χ1v) is 7.97. The van der Waals surface area contributed by atoms with E-state index in [9.17, 15) is 4.79 Å². The van der Waals surface area contributed by atoms with Crippen LogP contribution in [0.4, 0.5) is 0 Å². The highest BCUT2D eigenvalue weighted by Gasteiger charge is 2.36. The minimum absolute atomic E-state index is 0.0349. The number of aryl methyl sites for hydroxylation is 1. The van der Waals surface area contributed by atoms with Crippen molar-refractivity contribution in [2.45, 2.75) is 25.5 Å². The van der Waals surface area contributed by atoms with Crippen molar-refractivity contribution in [3.05, 3.63) is 40.3 Å². The molecule has 3 rings (SSSR count). The molecule has 1 saturated heterocycles. The van der Waals surface area contributed by atoms with Crippen molar-refractivity contribution < 1.29 is 9.53 Å². The molecule has 0 radical (unpaired) electrons. The lowest BCUT2D eigenvalue weighted by molar-refractivity contribution is -0.127. The third kappa shape index (κ3) is 3.01. The number of rotatable bonds is 4. The molecule has 0 bridgehead atoms. The molecule has 3 heterocycles. The zero-order valence-electron chi connectivity index (χ0n) is 12.2. The summed E-state index contributed by atoms with van der Waals surface area (Å²) in [6.07, 6.45) is 4.26. The van der Waals surface area contributed by atoms with Gasteiger partial charge in [-0.15, -0.1) is 11.3 Å². The van der Waals surface area contributed by atoms with Crippen LogP contribution in [-0.4, -0.2) is 22.3 Å². The van der Waals surface area contributed by atoms with Gasteiger partial charge in [0.1, 0.15) is 0 Å². The highest BCUT2D eigenvalue weighted by Crippen LogP contribution is 2.35. The molecule has 1 N–H and O–H groups in total. The van der Waals surface area contributed by atoms with Crippen molar-refractivity contribution in [3.8, 4) is 0 Å². The molecule has 1 aliphatic rings. The summed E-state index contributed by atoms with van der Waals surface area (Å²) in [5.41, 5.74) is 0.971. The second-order valence-electron chi connectivity index (χ2n) is 5.38. The predicted molar refractivity (Wildman–Crippen MR) is 80.9 cm³/mol. The number of nitrogens with zero attached hydrogens (tertiary/aromatic N) is 2. The fourth-order valence-corrected chi connectivity index (χ4v) is 3.44. The number of amides is 1. The fourth-order valence-electron chi connectivity index (χ4n) is 2.70. The number of aromatic nitrogens is 2. The number of thiophene rings is 1. The largest absolute Gasteiger partial charge is 0.373 e. The minimum Gasteiger partial charge on any atom is -0.373 e. The molecule has 1 amide bonds. The summed E-state index contributed by atoms with van der Waals surface area (Å²) >= 11 is 1.66. The number of hydrogen-bond acceptors (Lipinski definition) is 4. The number of hydrogen-bond donors (Lipinski definition) is 1. The summed E-state index contributed by atoms with van der Waals surface area (Å²) in [5, 5.41) is 9.28. The molecule has 0 aromatic carbocycles. The first-order chi connectivity index (χ1) is 10.1. The molecular weight excluding hydrogens is 286 g/mol. The van der Waals surface area contributed by atoms with Crippen molar-refractivity contribution in [2.24, 2.45) is 13.0 Å². The Morgan fingerprint density at radius 3 is 3.14 bits per heavy atom. The average Bonchev–Trinajstić information content (AvgIpc) is 3.19. The van der Waals surface area contributed by atoms with E-state index in [1.54, 1.807) is 22.2 Å². The van der Waals surface area contributed by atoms with E-state index in [2.05, 4.69) is 10.4 Å². The van der Waals surface area contributed by atoms with Crippen molar-refractivity contribution in [2.75, 3.05) is 6.61 Å². The summed E-state index contributed by atoms with van der Waals surface area (Å²) in [6.45, 7) is 2.63. The molecule has 112 valence electrons. The lowest BCUT2D eigenvalue weighted by atomic mass is 9.96. The quantitative estimate of drug-likeness (QED) is 0.944. The van der Waals surface area contributed by atoms with Gasteiger partial charge < -0.3 is 10.1 Å². The molecule has 0 saturated carbocycles. The van der Waals surface area contributed by atoms with Crippen LogP contribution >= 0.6 is 11.3 Å². The molecule has 2 aromatic heterocycles. The topological polar surface area (TPSA) is 56.1 Å². The zero-order chi connectivity index (χ0) is 14.8. The van der Waals surface area contributed by atoms with Crippen LogP contribution in [0.3, 0.4) is 0 Å². The van der Waals surface area contributed by atoms with Gasteiger partial charge in [0.2, 0.25) is 5.91 Å². The lowest BCUT2D eigenvalue weighted by Crippen LogP contribution is -2.33. The molecule has 2 aromatic rings. The Morgan fingerprint density at radius 2 is 2.48 bits per heavy atom. The van der Waals surface area contributed by atoms with Gasteiger partial charge in [-0.25, -0.2) is 0 Å². The van der Waals surface area contributed by atoms with E-state index in [0.717, 1.165) is 12.0 Å². The van der Waals surface area contributed by atoms with Gasteiger partial charge >= 0.3 is 0 Å². The highest BCUT2D eigenvalue weighted by molar-refractivity contribution is 7.10. The molecular formula is C15H19N3O2S. The van der Waals surface area contributed by atoms with Crippen LogP contribution in [0.2, 0.25) is 0 Å². The van der Waals surface area contributed by atoms with Crippen LogP contribution in [-0.2, 0) is 16.6 Å². The average molecular weight is 305 g/mol. The van der Waals surface area contributed by atoms with Gasteiger partial charge in [-0.1, -0.05) is 6.07 Å². The van der Waals surface area contributed by atoms with Crippen molar-refractivity contribution in [3.63, 3.8) is 0 Å². The van der Waals surface area contributed by atoms with Gasteiger partial charge in [-0.2, -0.15) is 5.10 Å². The van der Waals surface area contributed by atoms with Gasteiger partial charge in [0, 0.05) is 30.3 Å². The standard InChI is InChI=1S/C15H19N3O2S/c1-10(13-4-3-7-21-13)17-15(19)12-5-6-20-14(12)11-8-16-18(2)9-11/h3-4,7-10,12,14H,5-6H2,1-2H3,(H,17,19)/t10?,12-,14+/m0/s1. The number of carbonyl (C=O) groups is 1. The Kier molecular flexibility index (Phi) is 4.07. The zero-order valence-corrected chi connectivity index (χ0v) is 13.0. The van der Waals surface area contributed by atoms with Crippen LogP contribution in [0.5, 0.6) is 0 Å². The third-order valence-electron chi connectivity index (χ3n) is 3.81. The van der Waals surface area contributed by atoms with E-state index < -0.39 is 0 Å². The summed E-state index contributed by atoms with van der Waals surface area (Å²) in [5.74, 6) is -0.0844. The summed E-state index contributed by atoms with van der Waals surface area (Å²) in [4.78, 5) is 13.7. The molecule has 21 heavy (non-hydrogen) atoms. The SMILES string of the molecule is CC(NC(=O)[C@H]1CCO[C@@H]1c1cnn(C)c1)c1cccs1. The van der Waals surface area contributed by atoms with Crippen molar-refractivity contribution in [1.29, 1.82) is 0 Å². The second kappa shape index (κ2) is 5.99. The van der Waals surface area contributed by atoms with Crippen LogP contribution < -0.4 is 5.32 Å². The number of nitrogens with one attached hydrogen (secondary N) is 1. The van der Waals surface area contributed by atoms with E-state index in [4.69, 9.17) is 4.74 Å². The third-order valence-corrected chi connectivity index (χ3v) is 4.87. The van der Waals surface area contributed by atoms with E-state index in [1.807, 2.05) is 37.7 Å². The van der Waals surface area contributed by atoms with Crippen molar-refractivity contribution >= 4 is 17.2 Å². The molecule has 5 nitrogen and oxygen atoms in total. The molecule has 1 unspecified atom stereocenters. The molecule has 1 fully saturated rings. The van der Waals surface area contributed by atoms with Gasteiger partial charge in [0.15, 0.2) is 0 Å². The molecule has 1 aliphatic heterocycles. The van der Waals surface area contributed by atoms with Crippen molar-refractivity contribution in [1.82, 2.24) is 15.1 Å². The van der Waals surface area contributed by atoms with Gasteiger partial charge in [-0.05, 0) is 24.8 Å². The summed E-state index contributed by atoms with van der Waals surface area (Å²) in [7, 11) is 1.87. The van der Waals surface area contributed by atoms with E-state index >= 15 is 0 Å². The number of ether oxygens (including phenoxy) is 1. The van der Waals surface area contributed by atoms with E-state index in [1.165, 1.54) is 4.88 Å². The summed E-state index contributed by atoms with van der Waals surface area (Å²) in [6, 6.07) is 4.08. The monoisotopic (exact) mass is 305 g/mol. The second-order valence-corrected chi connectivity index (χ2v) is 6.36. The predicted octanol–water partition coefficient (Wildman–Crippen LogP) is 2.44. The fraction of sp³-hybridized carbons (Fsp3) is 0.467. The van der Waals surface area contributed by atoms with Gasteiger partial charge in [0.25, 0.3) is 0 Å². The highest BCUT2D eigenvalue weighted by atomic mass is 32.1. The molecule has 6 heteroatoms. The smallest absolute Gasteiger partial charge is 0.226 e. The molecule has 0 spiro atoms. The first-order valence-electron chi connectivity index (χ1n) is 7.09. The van der Waals surface area contributed by atoms with Crippen LogP contribution in [0.1, 0.15) is 35.9 Å². The van der Waals surface area contributed by atoms with Gasteiger partial charge in [-0.3, -0.25) is 9.48 Å². The Hall–Kier alpha value is -1.66. The minimum atomic E-state index is -0.186. The first kappa shape index (κ1) is 14.3. The van der Waals surface area contributed by atoms with Crippen LogP contribution in [0, 0.1) is 5.92 Å². The maximum Gasteiger partial charge on any atom is 0.226 e. The van der Waals surface area contributed by atoms with Crippen LogP contribution in [0.25, 0.3) is 0 Å². The Balaban J connectivity index is 1.68. The van der Waals surface area contributed by atoms with Crippen LogP contribution in [0.15, 0.2) is 29.9 Å². The van der Waals surface area contributed by atoms with E-state index in [-0.39, 0.29) is 24.0 Å². The Bertz CT molecular complexity index is 608. The molecule has 3 atom stereocenters. The Morgan fingerprint density at radius 1 is 1.62 bits per heavy atom. The maximum absolute atomic E-state index is 12.5. The maximum atomic E-state index is 12.5. The Labute approximate surface area is 127 Å². The summed E-state index contributed by atoms with van der Waals surface area (Å²) < 4.78 is 7.48. The lowest BCUT2D eigenvalue weighted by Gasteiger charge is -2.19. The number of carbonyl (C=O) groups excluding carboxylic acids is 1.